The highest BCUT2D eigenvalue weighted by Crippen LogP contribution is 2.12. The molecule has 0 aliphatic carbocycles. The van der Waals surface area contributed by atoms with E-state index in [4.69, 9.17) is 4.74 Å². The van der Waals surface area contributed by atoms with Crippen LogP contribution in [0.5, 0.6) is 5.75 Å². The van der Waals surface area contributed by atoms with Gasteiger partial charge in [0.2, 0.25) is 0 Å². The van der Waals surface area contributed by atoms with Crippen molar-refractivity contribution < 1.29 is 4.74 Å². The Morgan fingerprint density at radius 1 is 1.16 bits per heavy atom. The molecule has 0 spiro atoms. The van der Waals surface area contributed by atoms with E-state index in [2.05, 4.69) is 42.3 Å². The molecule has 0 radical (unpaired) electrons. The summed E-state index contributed by atoms with van der Waals surface area (Å²) in [6.45, 7) is 10.1. The number of nitrogens with one attached hydrogen (secondary N) is 1. The van der Waals surface area contributed by atoms with Crippen LogP contribution < -0.4 is 10.1 Å². The summed E-state index contributed by atoms with van der Waals surface area (Å²) >= 11 is 0. The van der Waals surface area contributed by atoms with E-state index in [1.807, 2.05) is 6.07 Å². The molecule has 1 rings (SSSR count). The summed E-state index contributed by atoms with van der Waals surface area (Å²) in [5, 5.41) is 3.51. The average molecular weight is 264 g/mol. The normalized spacial score (nSPS) is 10.9. The molecule has 0 fully saturated rings. The molecule has 1 N–H and O–H groups in total. The van der Waals surface area contributed by atoms with Crippen LogP contribution in [0.3, 0.4) is 0 Å². The molecule has 0 heterocycles. The van der Waals surface area contributed by atoms with Crippen LogP contribution in [-0.2, 0) is 6.42 Å². The molecule has 19 heavy (non-hydrogen) atoms. The molecule has 108 valence electrons. The minimum Gasteiger partial charge on any atom is -0.497 e. The van der Waals surface area contributed by atoms with Crippen molar-refractivity contribution in [2.75, 3.05) is 39.8 Å². The number of methoxy groups -OCH3 is 1. The zero-order chi connectivity index (χ0) is 13.9. The molecule has 1 aromatic carbocycles. The SMILES string of the molecule is CCN(CC)CCCNCCc1cccc(OC)c1. The average Bonchev–Trinajstić information content (AvgIpc) is 2.47. The summed E-state index contributed by atoms with van der Waals surface area (Å²) in [4.78, 5) is 2.46. The van der Waals surface area contributed by atoms with Crippen molar-refractivity contribution in [3.8, 4) is 5.75 Å². The second-order valence-corrected chi connectivity index (χ2v) is 4.73. The molecule has 3 nitrogen and oxygen atoms in total. The molecule has 0 atom stereocenters. The zero-order valence-corrected chi connectivity index (χ0v) is 12.6. The first-order valence-electron chi connectivity index (χ1n) is 7.36. The van der Waals surface area contributed by atoms with E-state index in [1.165, 1.54) is 18.5 Å². The smallest absolute Gasteiger partial charge is 0.119 e. The third-order valence-corrected chi connectivity index (χ3v) is 3.45. The molecule has 0 bridgehead atoms. The third kappa shape index (κ3) is 6.60. The first-order chi connectivity index (χ1) is 9.30. The number of nitrogens with zero attached hydrogens (tertiary/aromatic N) is 1. The highest BCUT2D eigenvalue weighted by Gasteiger charge is 1.98. The van der Waals surface area contributed by atoms with Crippen molar-refractivity contribution >= 4 is 0 Å². The molecular formula is C16H28N2O. The molecule has 0 unspecified atom stereocenters. The quantitative estimate of drug-likeness (QED) is 0.657. The van der Waals surface area contributed by atoms with Crippen LogP contribution >= 0.6 is 0 Å². The predicted molar refractivity (Wildman–Crippen MR) is 82.0 cm³/mol. The van der Waals surface area contributed by atoms with Crippen molar-refractivity contribution in [2.45, 2.75) is 26.7 Å². The summed E-state index contributed by atoms with van der Waals surface area (Å²) in [6.07, 6.45) is 2.28. The Morgan fingerprint density at radius 3 is 2.63 bits per heavy atom. The maximum absolute atomic E-state index is 5.22. The van der Waals surface area contributed by atoms with Gasteiger partial charge in [-0.05, 0) is 63.3 Å². The predicted octanol–water partition coefficient (Wildman–Crippen LogP) is 2.56. The maximum Gasteiger partial charge on any atom is 0.119 e. The van der Waals surface area contributed by atoms with Gasteiger partial charge in [-0.3, -0.25) is 0 Å². The highest BCUT2D eigenvalue weighted by molar-refractivity contribution is 5.28. The first-order valence-corrected chi connectivity index (χ1v) is 7.36. The van der Waals surface area contributed by atoms with Crippen molar-refractivity contribution in [2.24, 2.45) is 0 Å². The van der Waals surface area contributed by atoms with E-state index >= 15 is 0 Å². The van der Waals surface area contributed by atoms with Crippen LogP contribution in [0, 0.1) is 0 Å². The molecule has 0 saturated heterocycles. The fourth-order valence-electron chi connectivity index (χ4n) is 2.15. The first kappa shape index (κ1) is 16.0. The van der Waals surface area contributed by atoms with Crippen LogP contribution in [0.4, 0.5) is 0 Å². The summed E-state index contributed by atoms with van der Waals surface area (Å²) in [7, 11) is 1.71. The molecule has 1 aromatic rings. The van der Waals surface area contributed by atoms with E-state index in [0.717, 1.165) is 38.3 Å². The zero-order valence-electron chi connectivity index (χ0n) is 12.6. The summed E-state index contributed by atoms with van der Waals surface area (Å²) in [5.41, 5.74) is 1.33. The lowest BCUT2D eigenvalue weighted by Gasteiger charge is -2.17. The highest BCUT2D eigenvalue weighted by atomic mass is 16.5. The Hall–Kier alpha value is -1.06. The van der Waals surface area contributed by atoms with E-state index in [9.17, 15) is 0 Å². The Morgan fingerprint density at radius 2 is 1.95 bits per heavy atom. The van der Waals surface area contributed by atoms with Gasteiger partial charge < -0.3 is 15.0 Å². The lowest BCUT2D eigenvalue weighted by Crippen LogP contribution is -2.27. The minimum absolute atomic E-state index is 0.944. The van der Waals surface area contributed by atoms with Crippen LogP contribution in [0.25, 0.3) is 0 Å². The molecule has 0 saturated carbocycles. The van der Waals surface area contributed by atoms with Gasteiger partial charge in [0.1, 0.15) is 5.75 Å². The topological polar surface area (TPSA) is 24.5 Å². The van der Waals surface area contributed by atoms with E-state index in [0.29, 0.717) is 0 Å². The van der Waals surface area contributed by atoms with Gasteiger partial charge >= 0.3 is 0 Å². The molecule has 3 heteroatoms. The van der Waals surface area contributed by atoms with Crippen molar-refractivity contribution in [3.05, 3.63) is 29.8 Å². The molecule has 0 aliphatic heterocycles. The van der Waals surface area contributed by atoms with Gasteiger partial charge in [-0.25, -0.2) is 0 Å². The van der Waals surface area contributed by atoms with Gasteiger partial charge in [-0.1, -0.05) is 26.0 Å². The lowest BCUT2D eigenvalue weighted by atomic mass is 10.1. The Kier molecular flexibility index (Phi) is 8.26. The number of ether oxygens (including phenoxy) is 1. The fourth-order valence-corrected chi connectivity index (χ4v) is 2.15. The van der Waals surface area contributed by atoms with E-state index in [-0.39, 0.29) is 0 Å². The summed E-state index contributed by atoms with van der Waals surface area (Å²) < 4.78 is 5.22. The maximum atomic E-state index is 5.22. The standard InChI is InChI=1S/C16H28N2O/c1-4-18(5-2)13-7-11-17-12-10-15-8-6-9-16(14-15)19-3/h6,8-9,14,17H,4-5,7,10-13H2,1-3H3. The summed E-state index contributed by atoms with van der Waals surface area (Å²) in [6, 6.07) is 8.30. The molecule has 0 aromatic heterocycles. The largest absolute Gasteiger partial charge is 0.497 e. The van der Waals surface area contributed by atoms with Gasteiger partial charge in [0.25, 0.3) is 0 Å². The van der Waals surface area contributed by atoms with Gasteiger partial charge in [-0.15, -0.1) is 0 Å². The second-order valence-electron chi connectivity index (χ2n) is 4.73. The van der Waals surface area contributed by atoms with Gasteiger partial charge in [-0.2, -0.15) is 0 Å². The van der Waals surface area contributed by atoms with Gasteiger partial charge in [0, 0.05) is 0 Å². The van der Waals surface area contributed by atoms with Crippen molar-refractivity contribution in [3.63, 3.8) is 0 Å². The van der Waals surface area contributed by atoms with Crippen LogP contribution in [0.15, 0.2) is 24.3 Å². The van der Waals surface area contributed by atoms with Gasteiger partial charge in [0.15, 0.2) is 0 Å². The van der Waals surface area contributed by atoms with Crippen LogP contribution in [0.2, 0.25) is 0 Å². The molecular weight excluding hydrogens is 236 g/mol. The Labute approximate surface area is 118 Å². The van der Waals surface area contributed by atoms with E-state index in [1.54, 1.807) is 7.11 Å². The molecule has 0 aliphatic rings. The Balaban J connectivity index is 2.10. The third-order valence-electron chi connectivity index (χ3n) is 3.45. The number of benzene rings is 1. The van der Waals surface area contributed by atoms with Crippen molar-refractivity contribution in [1.29, 1.82) is 0 Å². The number of hydrogen-bond acceptors (Lipinski definition) is 3. The van der Waals surface area contributed by atoms with Crippen molar-refractivity contribution in [1.82, 2.24) is 10.2 Å². The summed E-state index contributed by atoms with van der Waals surface area (Å²) in [5.74, 6) is 0.944. The van der Waals surface area contributed by atoms with E-state index < -0.39 is 0 Å². The van der Waals surface area contributed by atoms with Gasteiger partial charge in [0.05, 0.1) is 7.11 Å². The minimum atomic E-state index is 0.944. The number of hydrogen-bond donors (Lipinski definition) is 1. The monoisotopic (exact) mass is 264 g/mol. The lowest BCUT2D eigenvalue weighted by molar-refractivity contribution is 0.298. The second kappa shape index (κ2) is 9.82. The number of rotatable bonds is 10. The van der Waals surface area contributed by atoms with Crippen LogP contribution in [-0.4, -0.2) is 44.7 Å². The van der Waals surface area contributed by atoms with Crippen LogP contribution in [0.1, 0.15) is 25.8 Å². The molecule has 0 amide bonds. The fraction of sp³-hybridized carbons (Fsp3) is 0.625. The Bertz CT molecular complexity index is 337.